The largest absolute Gasteiger partial charge is 0.348 e. The van der Waals surface area contributed by atoms with E-state index in [0.717, 1.165) is 35.7 Å². The topological polar surface area (TPSA) is 18.5 Å². The lowest BCUT2D eigenvalue weighted by molar-refractivity contribution is -0.206. The maximum atomic E-state index is 14.7. The average molecular weight is 426 g/mol. The fraction of sp³-hybridized carbons (Fsp3) is 0.308. The summed E-state index contributed by atoms with van der Waals surface area (Å²) in [6.45, 7) is 3.56. The molecule has 1 aliphatic heterocycles. The normalized spacial score (nSPS) is 18.8. The third-order valence-corrected chi connectivity index (χ3v) is 5.59. The monoisotopic (exact) mass is 426 g/mol. The number of benzene rings is 3. The first kappa shape index (κ1) is 21.6. The van der Waals surface area contributed by atoms with Gasteiger partial charge in [0.1, 0.15) is 17.5 Å². The third kappa shape index (κ3) is 5.17. The summed E-state index contributed by atoms with van der Waals surface area (Å²) in [6.07, 6.45) is 3.09. The van der Waals surface area contributed by atoms with Gasteiger partial charge in [-0.3, -0.25) is 0 Å². The summed E-state index contributed by atoms with van der Waals surface area (Å²) in [5, 5.41) is 0. The van der Waals surface area contributed by atoms with Gasteiger partial charge >= 0.3 is 0 Å². The van der Waals surface area contributed by atoms with Gasteiger partial charge in [0, 0.05) is 23.1 Å². The van der Waals surface area contributed by atoms with Crippen LogP contribution in [0, 0.1) is 23.4 Å². The molecule has 2 nitrogen and oxygen atoms in total. The van der Waals surface area contributed by atoms with Crippen LogP contribution < -0.4 is 0 Å². The van der Waals surface area contributed by atoms with E-state index in [0.29, 0.717) is 24.7 Å². The van der Waals surface area contributed by atoms with Crippen LogP contribution in [0.4, 0.5) is 13.2 Å². The van der Waals surface area contributed by atoms with Crippen LogP contribution >= 0.6 is 0 Å². The van der Waals surface area contributed by atoms with E-state index in [1.165, 1.54) is 25.0 Å². The van der Waals surface area contributed by atoms with Gasteiger partial charge in [0.05, 0.1) is 13.2 Å². The number of hydrogen-bond acceptors (Lipinski definition) is 2. The van der Waals surface area contributed by atoms with Crippen molar-refractivity contribution in [1.82, 2.24) is 0 Å². The molecule has 1 saturated heterocycles. The van der Waals surface area contributed by atoms with Gasteiger partial charge in [0.25, 0.3) is 0 Å². The minimum Gasteiger partial charge on any atom is -0.348 e. The van der Waals surface area contributed by atoms with Gasteiger partial charge < -0.3 is 9.47 Å². The van der Waals surface area contributed by atoms with Gasteiger partial charge in [-0.15, -0.1) is 0 Å². The Kier molecular flexibility index (Phi) is 6.73. The van der Waals surface area contributed by atoms with E-state index in [1.807, 2.05) is 24.3 Å². The molecular weight excluding hydrogens is 401 g/mol. The van der Waals surface area contributed by atoms with Gasteiger partial charge in [-0.05, 0) is 41.3 Å². The van der Waals surface area contributed by atoms with Crippen molar-refractivity contribution >= 4 is 0 Å². The highest BCUT2D eigenvalue weighted by atomic mass is 19.1. The fourth-order valence-corrected chi connectivity index (χ4v) is 3.87. The molecule has 31 heavy (non-hydrogen) atoms. The van der Waals surface area contributed by atoms with Crippen molar-refractivity contribution < 1.29 is 22.6 Å². The van der Waals surface area contributed by atoms with E-state index in [-0.39, 0.29) is 17.4 Å². The van der Waals surface area contributed by atoms with E-state index in [2.05, 4.69) is 6.92 Å². The zero-order valence-electron chi connectivity index (χ0n) is 17.4. The molecule has 162 valence electrons. The highest BCUT2D eigenvalue weighted by Crippen LogP contribution is 2.31. The number of ether oxygens (including phenoxy) is 2. The molecule has 0 N–H and O–H groups in total. The summed E-state index contributed by atoms with van der Waals surface area (Å²) in [5.74, 6) is -1.57. The Morgan fingerprint density at radius 3 is 2.03 bits per heavy atom. The Balaban J connectivity index is 1.46. The molecule has 4 rings (SSSR count). The Labute approximate surface area is 180 Å². The second kappa shape index (κ2) is 9.67. The van der Waals surface area contributed by atoms with Gasteiger partial charge in [0.15, 0.2) is 6.29 Å². The molecule has 0 unspecified atom stereocenters. The molecule has 0 amide bonds. The molecule has 0 spiro atoms. The van der Waals surface area contributed by atoms with Crippen molar-refractivity contribution in [3.8, 4) is 22.3 Å². The van der Waals surface area contributed by atoms with E-state index in [9.17, 15) is 13.2 Å². The molecule has 0 aromatic heterocycles. The quantitative estimate of drug-likeness (QED) is 0.412. The van der Waals surface area contributed by atoms with Gasteiger partial charge in [-0.2, -0.15) is 0 Å². The van der Waals surface area contributed by atoms with E-state index >= 15 is 0 Å². The average Bonchev–Trinajstić information content (AvgIpc) is 2.77. The third-order valence-electron chi connectivity index (χ3n) is 5.59. The lowest BCUT2D eigenvalue weighted by Gasteiger charge is -2.29. The van der Waals surface area contributed by atoms with Crippen LogP contribution in [-0.4, -0.2) is 13.2 Å². The Morgan fingerprint density at radius 2 is 1.42 bits per heavy atom. The fourth-order valence-electron chi connectivity index (χ4n) is 3.87. The summed E-state index contributed by atoms with van der Waals surface area (Å²) in [6, 6.07) is 15.3. The molecule has 0 atom stereocenters. The lowest BCUT2D eigenvalue weighted by atomic mass is 9.98. The van der Waals surface area contributed by atoms with Crippen LogP contribution in [0.1, 0.15) is 38.0 Å². The molecule has 1 aliphatic rings. The lowest BCUT2D eigenvalue weighted by Crippen LogP contribution is -2.27. The standard InChI is InChI=1S/C26H25F3O2/c1-2-3-4-17-15-30-26(31-16-17)19-7-5-18(6-8-19)20-9-10-24(25(29)13-20)21-11-22(27)14-23(28)12-21/h5-14,17,26H,2-4,15-16H2,1H3. The van der Waals surface area contributed by atoms with Crippen molar-refractivity contribution in [3.05, 3.63) is 83.7 Å². The first-order chi connectivity index (χ1) is 15.0. The van der Waals surface area contributed by atoms with Crippen molar-refractivity contribution in [3.63, 3.8) is 0 Å². The highest BCUT2D eigenvalue weighted by molar-refractivity contribution is 5.71. The van der Waals surface area contributed by atoms with E-state index in [4.69, 9.17) is 9.47 Å². The molecule has 0 bridgehead atoms. The Morgan fingerprint density at radius 1 is 0.774 bits per heavy atom. The van der Waals surface area contributed by atoms with Gasteiger partial charge in [0.2, 0.25) is 0 Å². The summed E-state index contributed by atoms with van der Waals surface area (Å²) in [4.78, 5) is 0. The van der Waals surface area contributed by atoms with Crippen LogP contribution in [0.5, 0.6) is 0 Å². The zero-order valence-corrected chi connectivity index (χ0v) is 17.4. The van der Waals surface area contributed by atoms with Crippen LogP contribution in [0.2, 0.25) is 0 Å². The van der Waals surface area contributed by atoms with Gasteiger partial charge in [-0.25, -0.2) is 13.2 Å². The van der Waals surface area contributed by atoms with Gasteiger partial charge in [-0.1, -0.05) is 56.2 Å². The molecule has 0 aliphatic carbocycles. The smallest absolute Gasteiger partial charge is 0.183 e. The summed E-state index contributed by atoms with van der Waals surface area (Å²) >= 11 is 0. The molecule has 1 heterocycles. The van der Waals surface area contributed by atoms with Crippen LogP contribution in [-0.2, 0) is 9.47 Å². The second-order valence-corrected chi connectivity index (χ2v) is 7.98. The molecule has 0 radical (unpaired) electrons. The maximum Gasteiger partial charge on any atom is 0.183 e. The Hall–Kier alpha value is -2.63. The molecule has 5 heteroatoms. The second-order valence-electron chi connectivity index (χ2n) is 7.98. The van der Waals surface area contributed by atoms with Crippen molar-refractivity contribution in [2.45, 2.75) is 32.5 Å². The summed E-state index contributed by atoms with van der Waals surface area (Å²) < 4.78 is 53.4. The first-order valence-electron chi connectivity index (χ1n) is 10.6. The maximum absolute atomic E-state index is 14.7. The SMILES string of the molecule is CCCCC1COC(c2ccc(-c3ccc(-c4cc(F)cc(F)c4)c(F)c3)cc2)OC1. The molecule has 1 fully saturated rings. The number of halogens is 3. The van der Waals surface area contributed by atoms with Crippen molar-refractivity contribution in [2.75, 3.05) is 13.2 Å². The molecule has 3 aromatic rings. The van der Waals surface area contributed by atoms with Crippen molar-refractivity contribution in [2.24, 2.45) is 5.92 Å². The van der Waals surface area contributed by atoms with E-state index in [1.54, 1.807) is 6.07 Å². The molecular formula is C26H25F3O2. The Bertz CT molecular complexity index is 1010. The number of rotatable bonds is 6. The summed E-state index contributed by atoms with van der Waals surface area (Å²) in [7, 11) is 0. The van der Waals surface area contributed by atoms with Crippen LogP contribution in [0.3, 0.4) is 0 Å². The minimum absolute atomic E-state index is 0.153. The number of hydrogen-bond donors (Lipinski definition) is 0. The molecule has 0 saturated carbocycles. The molecule has 3 aromatic carbocycles. The highest BCUT2D eigenvalue weighted by Gasteiger charge is 2.23. The van der Waals surface area contributed by atoms with Crippen LogP contribution in [0.25, 0.3) is 22.3 Å². The van der Waals surface area contributed by atoms with Crippen LogP contribution in [0.15, 0.2) is 60.7 Å². The predicted octanol–water partition coefficient (Wildman–Crippen LogP) is 7.29. The van der Waals surface area contributed by atoms with E-state index < -0.39 is 17.5 Å². The van der Waals surface area contributed by atoms with Crippen molar-refractivity contribution in [1.29, 1.82) is 0 Å². The number of unbranched alkanes of at least 4 members (excludes halogenated alkanes) is 1. The summed E-state index contributed by atoms with van der Waals surface area (Å²) in [5.41, 5.74) is 2.75. The zero-order chi connectivity index (χ0) is 21.8. The minimum atomic E-state index is -0.738. The predicted molar refractivity (Wildman–Crippen MR) is 115 cm³/mol. The first-order valence-corrected chi connectivity index (χ1v) is 10.6.